The molecule has 0 fully saturated rings. The Labute approximate surface area is 137 Å². The second kappa shape index (κ2) is 6.45. The number of hydrazine groups is 1. The quantitative estimate of drug-likeness (QED) is 0.732. The Bertz CT molecular complexity index is 799. The van der Waals surface area contributed by atoms with Crippen molar-refractivity contribution in [2.75, 3.05) is 5.32 Å². The van der Waals surface area contributed by atoms with Crippen molar-refractivity contribution in [3.63, 3.8) is 0 Å². The fraction of sp³-hybridized carbons (Fsp3) is 0.188. The lowest BCUT2D eigenvalue weighted by Crippen LogP contribution is -2.46. The summed E-state index contributed by atoms with van der Waals surface area (Å²) in [6, 6.07) is 8.43. The molecule has 1 aromatic heterocycles. The molecule has 0 unspecified atom stereocenters. The first kappa shape index (κ1) is 15.6. The van der Waals surface area contributed by atoms with E-state index in [2.05, 4.69) is 16.2 Å². The topological polar surface area (TPSA) is 110 Å². The van der Waals surface area contributed by atoms with Crippen LogP contribution in [0.3, 0.4) is 0 Å². The highest BCUT2D eigenvalue weighted by Gasteiger charge is 2.29. The van der Waals surface area contributed by atoms with Crippen LogP contribution < -0.4 is 20.9 Å². The predicted molar refractivity (Wildman–Crippen MR) is 83.2 cm³/mol. The summed E-state index contributed by atoms with van der Waals surface area (Å²) in [5, 5.41) is 2.67. The lowest BCUT2D eigenvalue weighted by atomic mass is 10.1. The molecular formula is C16H15N3O5. The van der Waals surface area contributed by atoms with Crippen LogP contribution in [0.1, 0.15) is 22.5 Å². The van der Waals surface area contributed by atoms with Crippen LogP contribution in [0, 0.1) is 6.92 Å². The summed E-state index contributed by atoms with van der Waals surface area (Å²) >= 11 is 0. The Morgan fingerprint density at radius 1 is 1.21 bits per heavy atom. The van der Waals surface area contributed by atoms with E-state index >= 15 is 0 Å². The van der Waals surface area contributed by atoms with E-state index < -0.39 is 23.8 Å². The van der Waals surface area contributed by atoms with Gasteiger partial charge in [-0.2, -0.15) is 0 Å². The number of hydrogen-bond donors (Lipinski definition) is 3. The van der Waals surface area contributed by atoms with E-state index in [-0.39, 0.29) is 6.42 Å². The molecular weight excluding hydrogens is 314 g/mol. The summed E-state index contributed by atoms with van der Waals surface area (Å²) in [7, 11) is 0. The molecule has 3 N–H and O–H groups in total. The average Bonchev–Trinajstić information content (AvgIpc) is 2.99. The van der Waals surface area contributed by atoms with Crippen molar-refractivity contribution in [1.29, 1.82) is 0 Å². The molecule has 3 amide bonds. The normalized spacial score (nSPS) is 15.7. The smallest absolute Gasteiger partial charge is 0.273 e. The standard InChI is InChI=1S/C16H15N3O5/c1-9-10(6-7-23-9)15(21)19-18-14(20)8-13-16(22)17-11-4-2-3-5-12(11)24-13/h2-7,13H,8H2,1H3,(H,17,22)(H,18,20)(H,19,21)/t13-/m1/s1. The zero-order valence-electron chi connectivity index (χ0n) is 12.8. The number of aryl methyl sites for hydroxylation is 1. The van der Waals surface area contributed by atoms with Gasteiger partial charge < -0.3 is 14.5 Å². The fourth-order valence-corrected chi connectivity index (χ4v) is 2.26. The highest BCUT2D eigenvalue weighted by atomic mass is 16.5. The van der Waals surface area contributed by atoms with Crippen molar-refractivity contribution in [3.8, 4) is 5.75 Å². The molecule has 2 aromatic rings. The van der Waals surface area contributed by atoms with Crippen LogP contribution in [-0.2, 0) is 9.59 Å². The number of benzene rings is 1. The van der Waals surface area contributed by atoms with Gasteiger partial charge >= 0.3 is 0 Å². The fourth-order valence-electron chi connectivity index (χ4n) is 2.26. The molecule has 24 heavy (non-hydrogen) atoms. The van der Waals surface area contributed by atoms with E-state index in [1.54, 1.807) is 31.2 Å². The molecule has 2 heterocycles. The van der Waals surface area contributed by atoms with Crippen LogP contribution in [0.25, 0.3) is 0 Å². The third-order valence-corrected chi connectivity index (χ3v) is 3.50. The molecule has 124 valence electrons. The minimum absolute atomic E-state index is 0.231. The first-order chi connectivity index (χ1) is 11.5. The first-order valence-corrected chi connectivity index (χ1v) is 7.24. The van der Waals surface area contributed by atoms with Crippen molar-refractivity contribution < 1.29 is 23.5 Å². The third kappa shape index (κ3) is 3.22. The zero-order valence-corrected chi connectivity index (χ0v) is 12.8. The summed E-state index contributed by atoms with van der Waals surface area (Å²) in [6.45, 7) is 1.63. The summed E-state index contributed by atoms with van der Waals surface area (Å²) in [5.41, 5.74) is 5.39. The molecule has 1 aliphatic rings. The highest BCUT2D eigenvalue weighted by molar-refractivity contribution is 6.00. The number of para-hydroxylation sites is 2. The summed E-state index contributed by atoms with van der Waals surface area (Å²) in [5.74, 6) is -0.542. The minimum Gasteiger partial charge on any atom is -0.478 e. The maximum atomic E-state index is 11.9. The van der Waals surface area contributed by atoms with Crippen molar-refractivity contribution in [2.45, 2.75) is 19.4 Å². The molecule has 0 bridgehead atoms. The number of carbonyl (C=O) groups is 3. The number of carbonyl (C=O) groups excluding carboxylic acids is 3. The first-order valence-electron chi connectivity index (χ1n) is 7.24. The van der Waals surface area contributed by atoms with Gasteiger partial charge in [-0.1, -0.05) is 12.1 Å². The molecule has 0 radical (unpaired) electrons. The summed E-state index contributed by atoms with van der Waals surface area (Å²) in [6.07, 6.45) is 0.182. The number of nitrogens with one attached hydrogen (secondary N) is 3. The van der Waals surface area contributed by atoms with E-state index in [1.165, 1.54) is 12.3 Å². The average molecular weight is 329 g/mol. The second-order valence-corrected chi connectivity index (χ2v) is 5.19. The van der Waals surface area contributed by atoms with E-state index in [1.807, 2.05) is 0 Å². The lowest BCUT2D eigenvalue weighted by Gasteiger charge is -2.25. The van der Waals surface area contributed by atoms with Gasteiger partial charge in [-0.15, -0.1) is 0 Å². The van der Waals surface area contributed by atoms with E-state index in [9.17, 15) is 14.4 Å². The number of amides is 3. The second-order valence-electron chi connectivity index (χ2n) is 5.19. The van der Waals surface area contributed by atoms with E-state index in [0.29, 0.717) is 22.8 Å². The Balaban J connectivity index is 1.55. The van der Waals surface area contributed by atoms with Crippen molar-refractivity contribution in [1.82, 2.24) is 10.9 Å². The van der Waals surface area contributed by atoms with Crippen LogP contribution in [0.15, 0.2) is 41.0 Å². The summed E-state index contributed by atoms with van der Waals surface area (Å²) < 4.78 is 10.5. The molecule has 8 heteroatoms. The number of rotatable bonds is 3. The number of furan rings is 1. The molecule has 0 spiro atoms. The molecule has 8 nitrogen and oxygen atoms in total. The predicted octanol–water partition coefficient (Wildman–Crippen LogP) is 1.14. The summed E-state index contributed by atoms with van der Waals surface area (Å²) in [4.78, 5) is 35.7. The number of hydrogen-bond acceptors (Lipinski definition) is 5. The monoisotopic (exact) mass is 329 g/mol. The molecule has 3 rings (SSSR count). The van der Waals surface area contributed by atoms with Crippen molar-refractivity contribution in [2.24, 2.45) is 0 Å². The van der Waals surface area contributed by atoms with E-state index in [0.717, 1.165) is 0 Å². The van der Waals surface area contributed by atoms with Crippen molar-refractivity contribution >= 4 is 23.4 Å². The van der Waals surface area contributed by atoms with Gasteiger partial charge in [0.2, 0.25) is 5.91 Å². The van der Waals surface area contributed by atoms with Gasteiger partial charge in [-0.05, 0) is 25.1 Å². The Morgan fingerprint density at radius 2 is 2.00 bits per heavy atom. The molecule has 0 saturated carbocycles. The maximum Gasteiger partial charge on any atom is 0.273 e. The van der Waals surface area contributed by atoms with Gasteiger partial charge in [0.05, 0.1) is 23.9 Å². The van der Waals surface area contributed by atoms with Crippen LogP contribution in [0.2, 0.25) is 0 Å². The van der Waals surface area contributed by atoms with Crippen molar-refractivity contribution in [3.05, 3.63) is 47.9 Å². The molecule has 0 saturated heterocycles. The number of ether oxygens (including phenoxy) is 1. The van der Waals surface area contributed by atoms with Gasteiger partial charge in [0, 0.05) is 0 Å². The van der Waals surface area contributed by atoms with Crippen LogP contribution in [0.5, 0.6) is 5.75 Å². The zero-order chi connectivity index (χ0) is 17.1. The van der Waals surface area contributed by atoms with Gasteiger partial charge in [0.25, 0.3) is 11.8 Å². The van der Waals surface area contributed by atoms with Crippen LogP contribution in [0.4, 0.5) is 5.69 Å². The third-order valence-electron chi connectivity index (χ3n) is 3.50. The van der Waals surface area contributed by atoms with Gasteiger partial charge in [-0.3, -0.25) is 25.2 Å². The molecule has 1 atom stereocenters. The lowest BCUT2D eigenvalue weighted by molar-refractivity contribution is -0.130. The largest absolute Gasteiger partial charge is 0.478 e. The molecule has 0 aliphatic carbocycles. The molecule has 1 aromatic carbocycles. The van der Waals surface area contributed by atoms with Crippen LogP contribution in [-0.4, -0.2) is 23.8 Å². The van der Waals surface area contributed by atoms with E-state index in [4.69, 9.17) is 9.15 Å². The SMILES string of the molecule is Cc1occc1C(=O)NNC(=O)C[C@H]1Oc2ccccc2NC1=O. The maximum absolute atomic E-state index is 11.9. The highest BCUT2D eigenvalue weighted by Crippen LogP contribution is 2.29. The number of anilines is 1. The molecule has 1 aliphatic heterocycles. The van der Waals surface area contributed by atoms with Crippen LogP contribution >= 0.6 is 0 Å². The Morgan fingerprint density at radius 3 is 2.75 bits per heavy atom. The van der Waals surface area contributed by atoms with Gasteiger partial charge in [-0.25, -0.2) is 0 Å². The van der Waals surface area contributed by atoms with Gasteiger partial charge in [0.15, 0.2) is 6.10 Å². The number of fused-ring (bicyclic) bond motifs is 1. The minimum atomic E-state index is -0.965. The van der Waals surface area contributed by atoms with Gasteiger partial charge in [0.1, 0.15) is 11.5 Å². The Kier molecular flexibility index (Phi) is 4.19. The Hall–Kier alpha value is -3.29.